The van der Waals surface area contributed by atoms with Crippen molar-refractivity contribution in [1.29, 1.82) is 0 Å². The van der Waals surface area contributed by atoms with E-state index in [1.807, 2.05) is 5.43 Å². The van der Waals surface area contributed by atoms with Gasteiger partial charge in [0.05, 0.1) is 0 Å². The van der Waals surface area contributed by atoms with Crippen LogP contribution in [0.2, 0.25) is 0 Å². The van der Waals surface area contributed by atoms with Crippen molar-refractivity contribution in [3.8, 4) is 0 Å². The fourth-order valence-corrected chi connectivity index (χ4v) is 0.643. The van der Waals surface area contributed by atoms with Crippen molar-refractivity contribution in [3.05, 3.63) is 12.2 Å². The van der Waals surface area contributed by atoms with E-state index in [9.17, 15) is 4.79 Å². The third kappa shape index (κ3) is 2.07. The number of rotatable bonds is 1. The molecule has 0 saturated heterocycles. The molecule has 0 aromatic carbocycles. The quantitative estimate of drug-likeness (QED) is 0.275. The fraction of sp³-hybridized carbons (Fsp3) is 0.200. The number of aryl methyl sites for hydroxylation is 1. The van der Waals surface area contributed by atoms with E-state index in [1.165, 1.54) is 6.33 Å². The first-order valence-corrected chi connectivity index (χ1v) is 3.36. The summed E-state index contributed by atoms with van der Waals surface area (Å²) in [6.45, 7) is 1.65. The van der Waals surface area contributed by atoms with Crippen LogP contribution in [0.4, 0.5) is 10.7 Å². The van der Waals surface area contributed by atoms with Gasteiger partial charge >= 0.3 is 6.03 Å². The van der Waals surface area contributed by atoms with Crippen molar-refractivity contribution < 1.29 is 4.79 Å². The SMILES string of the molecule is Cc1ncnc(N(N)C(=O)NN)n1. The van der Waals surface area contributed by atoms with E-state index in [4.69, 9.17) is 11.7 Å². The van der Waals surface area contributed by atoms with Gasteiger partial charge in [-0.2, -0.15) is 15.0 Å². The number of hydrazine groups is 2. The van der Waals surface area contributed by atoms with Gasteiger partial charge in [-0.15, -0.1) is 0 Å². The van der Waals surface area contributed by atoms with E-state index < -0.39 is 6.03 Å². The molecule has 0 atom stereocenters. The molecule has 1 aromatic heterocycles. The molecule has 1 aromatic rings. The molecular formula is C5H9N7O. The number of hydrogen-bond donors (Lipinski definition) is 3. The minimum absolute atomic E-state index is 0.0375. The van der Waals surface area contributed by atoms with E-state index in [2.05, 4.69) is 15.0 Å². The Hall–Kier alpha value is -1.80. The lowest BCUT2D eigenvalue weighted by Gasteiger charge is -2.12. The normalized spacial score (nSPS) is 9.46. The smallest absolute Gasteiger partial charge is 0.274 e. The van der Waals surface area contributed by atoms with Gasteiger partial charge in [0.1, 0.15) is 12.2 Å². The van der Waals surface area contributed by atoms with Crippen LogP contribution in [0.5, 0.6) is 0 Å². The Morgan fingerprint density at radius 2 is 2.31 bits per heavy atom. The lowest BCUT2D eigenvalue weighted by atomic mass is 10.7. The Morgan fingerprint density at radius 3 is 2.85 bits per heavy atom. The first-order chi connectivity index (χ1) is 6.15. The zero-order valence-corrected chi connectivity index (χ0v) is 6.93. The summed E-state index contributed by atoms with van der Waals surface area (Å²) in [6, 6.07) is -0.703. The first-order valence-electron chi connectivity index (χ1n) is 3.36. The zero-order chi connectivity index (χ0) is 9.84. The molecule has 0 fully saturated rings. The molecule has 1 heterocycles. The highest BCUT2D eigenvalue weighted by Crippen LogP contribution is 1.99. The third-order valence-electron chi connectivity index (χ3n) is 1.24. The maximum atomic E-state index is 10.9. The number of carbonyl (C=O) groups is 1. The molecule has 13 heavy (non-hydrogen) atoms. The maximum absolute atomic E-state index is 10.9. The van der Waals surface area contributed by atoms with Gasteiger partial charge in [-0.3, -0.25) is 5.43 Å². The predicted molar refractivity (Wildman–Crippen MR) is 43.9 cm³/mol. The molecule has 0 saturated carbocycles. The van der Waals surface area contributed by atoms with Gasteiger partial charge in [-0.25, -0.2) is 21.5 Å². The molecule has 0 aliphatic heterocycles. The van der Waals surface area contributed by atoms with Crippen LogP contribution in [0.25, 0.3) is 0 Å². The van der Waals surface area contributed by atoms with Gasteiger partial charge in [-0.1, -0.05) is 0 Å². The Kier molecular flexibility index (Phi) is 2.67. The third-order valence-corrected chi connectivity index (χ3v) is 1.24. The lowest BCUT2D eigenvalue weighted by molar-refractivity contribution is 0.246. The zero-order valence-electron chi connectivity index (χ0n) is 6.93. The molecule has 0 unspecified atom stereocenters. The monoisotopic (exact) mass is 183 g/mol. The van der Waals surface area contributed by atoms with E-state index in [0.29, 0.717) is 10.8 Å². The molecule has 1 rings (SSSR count). The molecule has 0 aliphatic rings. The number of nitrogens with zero attached hydrogens (tertiary/aromatic N) is 4. The summed E-state index contributed by atoms with van der Waals surface area (Å²) >= 11 is 0. The first kappa shape index (κ1) is 9.29. The molecule has 0 radical (unpaired) electrons. The molecule has 0 aliphatic carbocycles. The van der Waals surface area contributed by atoms with Gasteiger partial charge < -0.3 is 0 Å². The molecule has 8 nitrogen and oxygen atoms in total. The molecule has 5 N–H and O–H groups in total. The van der Waals surface area contributed by atoms with Gasteiger partial charge in [0.15, 0.2) is 0 Å². The second kappa shape index (κ2) is 3.74. The van der Waals surface area contributed by atoms with Crippen LogP contribution in [-0.4, -0.2) is 21.0 Å². The number of urea groups is 1. The highest BCUT2D eigenvalue weighted by atomic mass is 16.2. The Labute approximate surface area is 73.9 Å². The number of hydrogen-bond acceptors (Lipinski definition) is 6. The van der Waals surface area contributed by atoms with Crippen molar-refractivity contribution in [2.24, 2.45) is 11.7 Å². The standard InChI is InChI=1S/C5H9N7O/c1-3-8-2-9-4(10-3)12(7)5(13)11-6/h2H,6-7H2,1H3,(H,11,13). The highest BCUT2D eigenvalue weighted by molar-refractivity contribution is 5.88. The van der Waals surface area contributed by atoms with Gasteiger partial charge in [0.25, 0.3) is 5.95 Å². The van der Waals surface area contributed by atoms with Crippen LogP contribution in [0, 0.1) is 6.92 Å². The lowest BCUT2D eigenvalue weighted by Crippen LogP contribution is -2.48. The Morgan fingerprint density at radius 1 is 1.62 bits per heavy atom. The second-order valence-electron chi connectivity index (χ2n) is 2.15. The summed E-state index contributed by atoms with van der Waals surface area (Å²) in [6.07, 6.45) is 1.25. The minimum atomic E-state index is -0.703. The number of nitrogens with two attached hydrogens (primary N) is 2. The average Bonchev–Trinajstić information content (AvgIpc) is 2.15. The van der Waals surface area contributed by atoms with E-state index in [-0.39, 0.29) is 5.95 Å². The van der Waals surface area contributed by atoms with E-state index in [0.717, 1.165) is 0 Å². The number of anilines is 1. The molecule has 2 amide bonds. The molecule has 0 spiro atoms. The van der Waals surface area contributed by atoms with Crippen molar-refractivity contribution >= 4 is 12.0 Å². The summed E-state index contributed by atoms with van der Waals surface area (Å²) in [5.74, 6) is 10.7. The van der Waals surface area contributed by atoms with Crippen LogP contribution in [0.1, 0.15) is 5.82 Å². The summed E-state index contributed by atoms with van der Waals surface area (Å²) < 4.78 is 0. The van der Waals surface area contributed by atoms with E-state index >= 15 is 0 Å². The molecule has 0 bridgehead atoms. The van der Waals surface area contributed by atoms with Crippen molar-refractivity contribution in [3.63, 3.8) is 0 Å². The van der Waals surface area contributed by atoms with Crippen LogP contribution in [0.15, 0.2) is 6.33 Å². The Bertz CT molecular complexity index is 314. The largest absolute Gasteiger partial charge is 0.353 e. The number of carbonyl (C=O) groups excluding carboxylic acids is 1. The van der Waals surface area contributed by atoms with Crippen LogP contribution < -0.4 is 22.1 Å². The van der Waals surface area contributed by atoms with Gasteiger partial charge in [-0.05, 0) is 6.92 Å². The average molecular weight is 183 g/mol. The van der Waals surface area contributed by atoms with Gasteiger partial charge in [0.2, 0.25) is 0 Å². The summed E-state index contributed by atoms with van der Waals surface area (Å²) in [5.41, 5.74) is 1.84. The molecular weight excluding hydrogens is 174 g/mol. The van der Waals surface area contributed by atoms with Crippen molar-refractivity contribution in [2.45, 2.75) is 6.92 Å². The van der Waals surface area contributed by atoms with Crippen LogP contribution in [-0.2, 0) is 0 Å². The maximum Gasteiger partial charge on any atom is 0.353 e. The summed E-state index contributed by atoms with van der Waals surface area (Å²) in [5, 5.41) is 0.689. The number of amides is 2. The second-order valence-corrected chi connectivity index (χ2v) is 2.15. The van der Waals surface area contributed by atoms with E-state index in [1.54, 1.807) is 6.92 Å². The Balaban J connectivity index is 2.88. The van der Waals surface area contributed by atoms with Crippen LogP contribution >= 0.6 is 0 Å². The van der Waals surface area contributed by atoms with Crippen LogP contribution in [0.3, 0.4) is 0 Å². The summed E-state index contributed by atoms with van der Waals surface area (Å²) in [7, 11) is 0. The highest BCUT2D eigenvalue weighted by Gasteiger charge is 2.12. The van der Waals surface area contributed by atoms with Gasteiger partial charge in [0, 0.05) is 0 Å². The fourth-order valence-electron chi connectivity index (χ4n) is 0.643. The molecule has 8 heteroatoms. The van der Waals surface area contributed by atoms with Crippen molar-refractivity contribution in [2.75, 3.05) is 5.01 Å². The minimum Gasteiger partial charge on any atom is -0.274 e. The topological polar surface area (TPSA) is 123 Å². The number of aromatic nitrogens is 3. The van der Waals surface area contributed by atoms with Crippen molar-refractivity contribution in [1.82, 2.24) is 20.4 Å². The predicted octanol–water partition coefficient (Wildman–Crippen LogP) is -1.56. The molecule has 70 valence electrons. The number of nitrogens with one attached hydrogen (secondary N) is 1. The summed E-state index contributed by atoms with van der Waals surface area (Å²) in [4.78, 5) is 22.1.